The third kappa shape index (κ3) is 3.57. The quantitative estimate of drug-likeness (QED) is 0.631. The smallest absolute Gasteiger partial charge is 0.201 e. The molecule has 3 heteroatoms. The van der Waals surface area contributed by atoms with Crippen molar-refractivity contribution < 1.29 is 4.79 Å². The summed E-state index contributed by atoms with van der Waals surface area (Å²) in [6, 6.07) is 16.3. The van der Waals surface area contributed by atoms with Crippen molar-refractivity contribution >= 4 is 23.3 Å². The Morgan fingerprint density at radius 3 is 2.65 bits per heavy atom. The van der Waals surface area contributed by atoms with E-state index in [1.54, 1.807) is 13.0 Å². The summed E-state index contributed by atoms with van der Waals surface area (Å²) in [4.78, 5) is 12.2. The molecule has 116 valence electrons. The number of hydrogen-bond donors (Lipinski definition) is 0. The van der Waals surface area contributed by atoms with Crippen LogP contribution in [0.5, 0.6) is 0 Å². The van der Waals surface area contributed by atoms with Crippen LogP contribution in [0, 0.1) is 6.92 Å². The molecule has 0 spiro atoms. The topological polar surface area (TPSA) is 32.7 Å². The lowest BCUT2D eigenvalue weighted by molar-refractivity contribution is -0.108. The maximum absolute atomic E-state index is 12.2. The lowest BCUT2D eigenvalue weighted by Gasteiger charge is -2.13. The molecule has 3 nitrogen and oxygen atoms in total. The molecule has 1 heterocycles. The van der Waals surface area contributed by atoms with E-state index in [2.05, 4.69) is 11.2 Å². The van der Waals surface area contributed by atoms with Gasteiger partial charge in [0.1, 0.15) is 5.71 Å². The number of aryl methyl sites for hydroxylation is 1. The van der Waals surface area contributed by atoms with Gasteiger partial charge >= 0.3 is 0 Å². The number of fused-ring (bicyclic) bond motifs is 1. The second-order valence-electron chi connectivity index (χ2n) is 5.80. The van der Waals surface area contributed by atoms with Crippen molar-refractivity contribution in [1.29, 1.82) is 0 Å². The number of anilines is 1. The van der Waals surface area contributed by atoms with Crippen LogP contribution in [0.15, 0.2) is 59.7 Å². The Labute approximate surface area is 136 Å². The van der Waals surface area contributed by atoms with Crippen LogP contribution in [-0.2, 0) is 11.2 Å². The predicted molar refractivity (Wildman–Crippen MR) is 95.8 cm³/mol. The van der Waals surface area contributed by atoms with Crippen LogP contribution in [0.1, 0.15) is 23.6 Å². The Kier molecular flexibility index (Phi) is 4.38. The highest BCUT2D eigenvalue weighted by Gasteiger charge is 2.18. The highest BCUT2D eigenvalue weighted by atomic mass is 16.1. The molecule has 0 unspecified atom stereocenters. The fourth-order valence-electron chi connectivity index (χ4n) is 2.63. The Morgan fingerprint density at radius 1 is 1.13 bits per heavy atom. The molecule has 0 atom stereocenters. The summed E-state index contributed by atoms with van der Waals surface area (Å²) in [6.07, 6.45) is 4.39. The van der Waals surface area contributed by atoms with Crippen molar-refractivity contribution in [2.45, 2.75) is 20.3 Å². The van der Waals surface area contributed by atoms with Crippen molar-refractivity contribution in [3.63, 3.8) is 0 Å². The molecule has 2 aromatic rings. The lowest BCUT2D eigenvalue weighted by atomic mass is 10.1. The largest absolute Gasteiger partial charge is 0.288 e. The van der Waals surface area contributed by atoms with Crippen molar-refractivity contribution in [2.75, 3.05) is 11.6 Å². The van der Waals surface area contributed by atoms with Gasteiger partial charge in [-0.05, 0) is 43.5 Å². The van der Waals surface area contributed by atoms with Gasteiger partial charge in [0.25, 0.3) is 0 Å². The minimum absolute atomic E-state index is 0.0602. The summed E-state index contributed by atoms with van der Waals surface area (Å²) in [5.41, 5.74) is 5.11. The number of carbonyl (C=O) groups is 1. The van der Waals surface area contributed by atoms with E-state index >= 15 is 0 Å². The second-order valence-corrected chi connectivity index (χ2v) is 5.80. The van der Waals surface area contributed by atoms with Gasteiger partial charge in [-0.1, -0.05) is 54.1 Å². The fraction of sp³-hybridized carbons (Fsp3) is 0.200. The fourth-order valence-corrected chi connectivity index (χ4v) is 2.63. The van der Waals surface area contributed by atoms with E-state index < -0.39 is 0 Å². The zero-order valence-electron chi connectivity index (χ0n) is 13.5. The number of hydrazone groups is 1. The van der Waals surface area contributed by atoms with E-state index in [9.17, 15) is 4.79 Å². The van der Waals surface area contributed by atoms with Gasteiger partial charge in [0.15, 0.2) is 0 Å². The van der Waals surface area contributed by atoms with Crippen molar-refractivity contribution in [1.82, 2.24) is 0 Å². The summed E-state index contributed by atoms with van der Waals surface area (Å²) in [6.45, 7) is 4.64. The van der Waals surface area contributed by atoms with Crippen LogP contribution in [0.4, 0.5) is 5.69 Å². The molecule has 0 fully saturated rings. The number of carbonyl (C=O) groups excluding carboxylic acids is 1. The maximum Gasteiger partial charge on any atom is 0.201 e. The van der Waals surface area contributed by atoms with Crippen molar-refractivity contribution in [2.24, 2.45) is 5.10 Å². The SMILES string of the molecule is C/C(=N\N1CCc2ccccc21)C(=O)/C=C/c1ccc(C)cc1. The molecule has 0 N–H and O–H groups in total. The minimum Gasteiger partial charge on any atom is -0.288 e. The Balaban J connectivity index is 1.71. The third-order valence-electron chi connectivity index (χ3n) is 3.99. The lowest BCUT2D eigenvalue weighted by Crippen LogP contribution is -2.18. The first-order valence-corrected chi connectivity index (χ1v) is 7.83. The van der Waals surface area contributed by atoms with Crippen LogP contribution >= 0.6 is 0 Å². The van der Waals surface area contributed by atoms with Gasteiger partial charge in [0.05, 0.1) is 5.69 Å². The molecule has 1 aliphatic heterocycles. The van der Waals surface area contributed by atoms with Crippen LogP contribution in [0.25, 0.3) is 6.08 Å². The van der Waals surface area contributed by atoms with Crippen LogP contribution in [0.3, 0.4) is 0 Å². The highest BCUT2D eigenvalue weighted by Crippen LogP contribution is 2.27. The van der Waals surface area contributed by atoms with Crippen molar-refractivity contribution in [3.8, 4) is 0 Å². The van der Waals surface area contributed by atoms with Gasteiger partial charge in [0.2, 0.25) is 5.78 Å². The first-order valence-electron chi connectivity index (χ1n) is 7.83. The standard InChI is InChI=1S/C20H20N2O/c1-15-7-9-17(10-8-15)11-12-20(23)16(2)21-22-14-13-18-5-3-4-6-19(18)22/h3-12H,13-14H2,1-2H3/b12-11+,21-16+. The normalized spacial score (nSPS) is 14.3. The van der Waals surface area contributed by atoms with Crippen LogP contribution in [0.2, 0.25) is 0 Å². The average molecular weight is 304 g/mol. The van der Waals surface area contributed by atoms with Crippen LogP contribution < -0.4 is 5.01 Å². The van der Waals surface area contributed by atoms with Gasteiger partial charge in [-0.3, -0.25) is 9.80 Å². The first-order chi connectivity index (χ1) is 11.1. The average Bonchev–Trinajstić information content (AvgIpc) is 2.97. The number of rotatable bonds is 4. The Bertz CT molecular complexity index is 772. The van der Waals surface area contributed by atoms with Gasteiger partial charge in [-0.25, -0.2) is 0 Å². The molecule has 2 aromatic carbocycles. The maximum atomic E-state index is 12.2. The number of allylic oxidation sites excluding steroid dienone is 1. The third-order valence-corrected chi connectivity index (χ3v) is 3.99. The van der Waals surface area contributed by atoms with E-state index in [4.69, 9.17) is 0 Å². The molecule has 0 aromatic heterocycles. The predicted octanol–water partition coefficient (Wildman–Crippen LogP) is 4.02. The number of nitrogens with zero attached hydrogens (tertiary/aromatic N) is 2. The zero-order valence-corrected chi connectivity index (χ0v) is 13.5. The van der Waals surface area contributed by atoms with E-state index in [1.807, 2.05) is 60.5 Å². The summed E-state index contributed by atoms with van der Waals surface area (Å²) in [5.74, 6) is -0.0602. The Morgan fingerprint density at radius 2 is 1.87 bits per heavy atom. The molecule has 0 radical (unpaired) electrons. The van der Waals surface area contributed by atoms with Crippen molar-refractivity contribution in [3.05, 3.63) is 71.3 Å². The van der Waals surface area contributed by atoms with Gasteiger partial charge in [0, 0.05) is 6.54 Å². The zero-order chi connectivity index (χ0) is 16.2. The Hall–Kier alpha value is -2.68. The molecule has 1 aliphatic rings. The van der Waals surface area contributed by atoms with Gasteiger partial charge < -0.3 is 0 Å². The summed E-state index contributed by atoms with van der Waals surface area (Å²) < 4.78 is 0. The summed E-state index contributed by atoms with van der Waals surface area (Å²) >= 11 is 0. The van der Waals surface area contributed by atoms with E-state index in [0.717, 1.165) is 24.2 Å². The molecule has 0 bridgehead atoms. The number of benzene rings is 2. The molecule has 0 saturated heterocycles. The first kappa shape index (κ1) is 15.2. The molecule has 0 aliphatic carbocycles. The summed E-state index contributed by atoms with van der Waals surface area (Å²) in [7, 11) is 0. The minimum atomic E-state index is -0.0602. The number of ketones is 1. The monoisotopic (exact) mass is 304 g/mol. The molecule has 3 rings (SSSR count). The molecule has 23 heavy (non-hydrogen) atoms. The van der Waals surface area contributed by atoms with E-state index in [0.29, 0.717) is 5.71 Å². The van der Waals surface area contributed by atoms with Gasteiger partial charge in [-0.15, -0.1) is 0 Å². The van der Waals surface area contributed by atoms with E-state index in [1.165, 1.54) is 11.1 Å². The second kappa shape index (κ2) is 6.61. The van der Waals surface area contributed by atoms with Gasteiger partial charge in [-0.2, -0.15) is 5.10 Å². The molecular weight excluding hydrogens is 284 g/mol. The molecule has 0 amide bonds. The molecule has 0 saturated carbocycles. The van der Waals surface area contributed by atoms with E-state index in [-0.39, 0.29) is 5.78 Å². The summed E-state index contributed by atoms with van der Waals surface area (Å²) in [5, 5.41) is 6.41. The highest BCUT2D eigenvalue weighted by molar-refractivity contribution is 6.43. The van der Waals surface area contributed by atoms with Crippen LogP contribution in [-0.4, -0.2) is 18.0 Å². The molecular formula is C20H20N2O. The number of para-hydroxylation sites is 1. The number of hydrogen-bond acceptors (Lipinski definition) is 3.